The summed E-state index contributed by atoms with van der Waals surface area (Å²) in [4.78, 5) is 13.5. The van der Waals surface area contributed by atoms with Crippen molar-refractivity contribution >= 4 is 5.97 Å². The molecular weight excluding hydrogens is 370 g/mol. The van der Waals surface area contributed by atoms with Crippen LogP contribution >= 0.6 is 0 Å². The van der Waals surface area contributed by atoms with Crippen molar-refractivity contribution in [1.82, 2.24) is 0 Å². The summed E-state index contributed by atoms with van der Waals surface area (Å²) >= 11 is 0. The molecule has 0 N–H and O–H groups in total. The third-order valence-electron chi connectivity index (χ3n) is 8.11. The number of carbonyl (C=O) groups is 1. The molecule has 2 aromatic carbocycles. The van der Waals surface area contributed by atoms with Crippen molar-refractivity contribution < 1.29 is 9.53 Å². The van der Waals surface area contributed by atoms with Gasteiger partial charge < -0.3 is 4.74 Å². The predicted molar refractivity (Wildman–Crippen MR) is 116 cm³/mol. The molecule has 4 fully saturated rings. The summed E-state index contributed by atoms with van der Waals surface area (Å²) < 4.78 is 5.89. The third-order valence-corrected chi connectivity index (χ3v) is 8.11. The Morgan fingerprint density at radius 1 is 1.07 bits per heavy atom. The number of aryl methyl sites for hydroxylation is 2. The Hall–Kier alpha value is -2.60. The van der Waals surface area contributed by atoms with Crippen molar-refractivity contribution in [1.29, 1.82) is 5.26 Å². The standard InChI is InChI=1S/C27H29NO2/c1-18-7-8-24(9-19(18)2)26-11-20-10-21(12-26)14-27(13-20,17-26)25(29)30-16-23-6-4-3-5-22(23)15-28/h3-9,20-21H,10-14,16-17H2,1-2H3. The first kappa shape index (κ1) is 19.4. The quantitative estimate of drug-likeness (QED) is 0.615. The molecule has 3 nitrogen and oxygen atoms in total. The molecule has 0 aliphatic heterocycles. The fourth-order valence-electron chi connectivity index (χ4n) is 6.96. The number of rotatable bonds is 4. The molecule has 0 radical (unpaired) electrons. The van der Waals surface area contributed by atoms with Crippen LogP contribution in [0.1, 0.15) is 66.3 Å². The third kappa shape index (κ3) is 3.05. The molecule has 30 heavy (non-hydrogen) atoms. The van der Waals surface area contributed by atoms with Gasteiger partial charge in [-0.15, -0.1) is 0 Å². The first-order valence-electron chi connectivity index (χ1n) is 11.2. The molecule has 0 amide bonds. The molecule has 2 aromatic rings. The van der Waals surface area contributed by atoms with Crippen molar-refractivity contribution in [3.05, 3.63) is 70.3 Å². The maximum Gasteiger partial charge on any atom is 0.312 e. The highest BCUT2D eigenvalue weighted by atomic mass is 16.5. The van der Waals surface area contributed by atoms with Gasteiger partial charge in [-0.25, -0.2) is 0 Å². The monoisotopic (exact) mass is 399 g/mol. The minimum atomic E-state index is -0.357. The van der Waals surface area contributed by atoms with E-state index in [4.69, 9.17) is 4.74 Å². The van der Waals surface area contributed by atoms with E-state index in [1.165, 1.54) is 36.0 Å². The van der Waals surface area contributed by atoms with E-state index in [-0.39, 0.29) is 23.4 Å². The van der Waals surface area contributed by atoms with Crippen LogP contribution in [0.4, 0.5) is 0 Å². The Balaban J connectivity index is 1.42. The average molecular weight is 400 g/mol. The topological polar surface area (TPSA) is 50.1 Å². The Bertz CT molecular complexity index is 1030. The van der Waals surface area contributed by atoms with Gasteiger partial charge in [0.05, 0.1) is 17.0 Å². The number of carbonyl (C=O) groups excluding carboxylic acids is 1. The SMILES string of the molecule is Cc1ccc(C23CC4CC(CC(C(=O)OCc5ccccc5C#N)(C4)C2)C3)cc1C. The average Bonchev–Trinajstić information content (AvgIpc) is 2.73. The van der Waals surface area contributed by atoms with E-state index in [2.05, 4.69) is 38.1 Å². The second-order valence-electron chi connectivity index (χ2n) is 10.2. The lowest BCUT2D eigenvalue weighted by molar-refractivity contribution is -0.175. The normalized spacial score (nSPS) is 31.4. The van der Waals surface area contributed by atoms with Crippen LogP contribution < -0.4 is 0 Å². The number of hydrogen-bond donors (Lipinski definition) is 0. The summed E-state index contributed by atoms with van der Waals surface area (Å²) in [6, 6.07) is 16.5. The second kappa shape index (κ2) is 6.98. The van der Waals surface area contributed by atoms with E-state index in [1.54, 1.807) is 6.07 Å². The van der Waals surface area contributed by atoms with E-state index >= 15 is 0 Å². The van der Waals surface area contributed by atoms with Crippen LogP contribution in [0.25, 0.3) is 0 Å². The largest absolute Gasteiger partial charge is 0.460 e. The van der Waals surface area contributed by atoms with E-state index in [1.807, 2.05) is 18.2 Å². The Morgan fingerprint density at radius 2 is 1.80 bits per heavy atom. The molecular formula is C27H29NO2. The molecule has 154 valence electrons. The molecule has 4 aliphatic carbocycles. The van der Waals surface area contributed by atoms with Gasteiger partial charge in [0.15, 0.2) is 0 Å². The highest BCUT2D eigenvalue weighted by Crippen LogP contribution is 2.66. The van der Waals surface area contributed by atoms with Crippen LogP contribution in [0.15, 0.2) is 42.5 Å². The summed E-state index contributed by atoms with van der Waals surface area (Å²) in [5.74, 6) is 1.19. The molecule has 4 bridgehead atoms. The maximum absolute atomic E-state index is 13.5. The number of ether oxygens (including phenoxy) is 1. The zero-order chi connectivity index (χ0) is 20.9. The molecule has 2 atom stereocenters. The predicted octanol–water partition coefficient (Wildman–Crippen LogP) is 5.76. The van der Waals surface area contributed by atoms with Crippen molar-refractivity contribution in [2.24, 2.45) is 17.3 Å². The van der Waals surface area contributed by atoms with Gasteiger partial charge in [0.1, 0.15) is 6.61 Å². The fraction of sp³-hybridized carbons (Fsp3) is 0.481. The number of benzene rings is 2. The molecule has 0 saturated heterocycles. The van der Waals surface area contributed by atoms with Crippen molar-refractivity contribution in [3.63, 3.8) is 0 Å². The fourth-order valence-corrected chi connectivity index (χ4v) is 6.96. The molecule has 4 saturated carbocycles. The van der Waals surface area contributed by atoms with E-state index in [0.717, 1.165) is 24.8 Å². The van der Waals surface area contributed by atoms with Gasteiger partial charge in [-0.2, -0.15) is 5.26 Å². The van der Waals surface area contributed by atoms with Gasteiger partial charge in [0.2, 0.25) is 0 Å². The summed E-state index contributed by atoms with van der Waals surface area (Å²) in [7, 11) is 0. The van der Waals surface area contributed by atoms with Crippen LogP contribution in [-0.4, -0.2) is 5.97 Å². The van der Waals surface area contributed by atoms with E-state index in [0.29, 0.717) is 17.4 Å². The summed E-state index contributed by atoms with van der Waals surface area (Å²) in [6.45, 7) is 4.54. The minimum absolute atomic E-state index is 0.0439. The van der Waals surface area contributed by atoms with E-state index < -0.39 is 0 Å². The van der Waals surface area contributed by atoms with Gasteiger partial charge in [0.25, 0.3) is 0 Å². The molecule has 2 unspecified atom stereocenters. The smallest absolute Gasteiger partial charge is 0.312 e. The van der Waals surface area contributed by atoms with Crippen molar-refractivity contribution in [2.45, 2.75) is 64.4 Å². The molecule has 0 heterocycles. The van der Waals surface area contributed by atoms with Gasteiger partial charge in [0, 0.05) is 5.56 Å². The highest BCUT2D eigenvalue weighted by molar-refractivity contribution is 5.78. The van der Waals surface area contributed by atoms with Gasteiger partial charge in [-0.3, -0.25) is 4.79 Å². The first-order valence-corrected chi connectivity index (χ1v) is 11.2. The zero-order valence-electron chi connectivity index (χ0n) is 17.9. The first-order chi connectivity index (χ1) is 14.4. The van der Waals surface area contributed by atoms with Crippen molar-refractivity contribution in [3.8, 4) is 6.07 Å². The van der Waals surface area contributed by atoms with Gasteiger partial charge in [-0.1, -0.05) is 36.4 Å². The minimum Gasteiger partial charge on any atom is -0.460 e. The number of nitrogens with zero attached hydrogens (tertiary/aromatic N) is 1. The Kier molecular flexibility index (Phi) is 4.51. The highest BCUT2D eigenvalue weighted by Gasteiger charge is 2.61. The zero-order valence-corrected chi connectivity index (χ0v) is 17.9. The van der Waals surface area contributed by atoms with Crippen LogP contribution in [0.2, 0.25) is 0 Å². The lowest BCUT2D eigenvalue weighted by Crippen LogP contribution is -2.57. The lowest BCUT2D eigenvalue weighted by atomic mass is 9.43. The van der Waals surface area contributed by atoms with E-state index in [9.17, 15) is 10.1 Å². The second-order valence-corrected chi connectivity index (χ2v) is 10.2. The van der Waals surface area contributed by atoms with Crippen LogP contribution in [0.3, 0.4) is 0 Å². The maximum atomic E-state index is 13.5. The van der Waals surface area contributed by atoms with Crippen LogP contribution in [0.5, 0.6) is 0 Å². The summed E-state index contributed by atoms with van der Waals surface area (Å²) in [6.07, 6.45) is 6.52. The molecule has 6 rings (SSSR count). The summed E-state index contributed by atoms with van der Waals surface area (Å²) in [5.41, 5.74) is 5.23. The Morgan fingerprint density at radius 3 is 2.50 bits per heavy atom. The number of hydrogen-bond acceptors (Lipinski definition) is 3. The lowest BCUT2D eigenvalue weighted by Gasteiger charge is -2.61. The van der Waals surface area contributed by atoms with Gasteiger partial charge >= 0.3 is 5.97 Å². The van der Waals surface area contributed by atoms with Crippen LogP contribution in [-0.2, 0) is 21.6 Å². The molecule has 3 heteroatoms. The van der Waals surface area contributed by atoms with Crippen molar-refractivity contribution in [2.75, 3.05) is 0 Å². The number of esters is 1. The summed E-state index contributed by atoms with van der Waals surface area (Å²) in [5, 5.41) is 9.32. The molecule has 4 aliphatic rings. The molecule has 0 spiro atoms. The van der Waals surface area contributed by atoms with Gasteiger partial charge in [-0.05, 0) is 92.4 Å². The number of nitriles is 1. The van der Waals surface area contributed by atoms with Crippen LogP contribution in [0, 0.1) is 42.4 Å². The Labute approximate surface area is 179 Å². The molecule has 0 aromatic heterocycles.